The maximum atomic E-state index is 12.9. The second-order valence-electron chi connectivity index (χ2n) is 3.88. The van der Waals surface area contributed by atoms with Crippen LogP contribution >= 0.6 is 22.6 Å². The lowest BCUT2D eigenvalue weighted by Gasteiger charge is -2.19. The Morgan fingerprint density at radius 1 is 1.47 bits per heavy atom. The van der Waals surface area contributed by atoms with E-state index in [4.69, 9.17) is 0 Å². The zero-order valence-electron chi connectivity index (χ0n) is 9.00. The number of halogens is 2. The van der Waals surface area contributed by atoms with Crippen molar-refractivity contribution in [3.63, 3.8) is 0 Å². The molecule has 0 saturated heterocycles. The van der Waals surface area contributed by atoms with Crippen LogP contribution in [0, 0.1) is 15.3 Å². The smallest absolute Gasteiger partial charge is 0.124 e. The monoisotopic (exact) mass is 322 g/mol. The van der Waals surface area contributed by atoms with Crippen LogP contribution in [0.1, 0.15) is 38.4 Å². The highest BCUT2D eigenvalue weighted by atomic mass is 127. The molecule has 1 aromatic rings. The number of benzene rings is 1. The highest BCUT2D eigenvalue weighted by Gasteiger charge is 2.18. The molecule has 15 heavy (non-hydrogen) atoms. The predicted molar refractivity (Wildman–Crippen MR) is 68.1 cm³/mol. The van der Waals surface area contributed by atoms with E-state index in [1.807, 2.05) is 6.92 Å². The first kappa shape index (κ1) is 12.9. The van der Waals surface area contributed by atoms with Crippen molar-refractivity contribution in [2.24, 2.45) is 5.92 Å². The van der Waals surface area contributed by atoms with Gasteiger partial charge in [0.05, 0.1) is 6.10 Å². The fourth-order valence-electron chi connectivity index (χ4n) is 1.66. The Morgan fingerprint density at radius 3 is 2.67 bits per heavy atom. The van der Waals surface area contributed by atoms with Gasteiger partial charge in [0, 0.05) is 3.57 Å². The van der Waals surface area contributed by atoms with Crippen molar-refractivity contribution in [3.8, 4) is 0 Å². The van der Waals surface area contributed by atoms with Crippen LogP contribution in [0.4, 0.5) is 4.39 Å². The average molecular weight is 322 g/mol. The van der Waals surface area contributed by atoms with Gasteiger partial charge in [0.2, 0.25) is 0 Å². The molecular formula is C12H16FIO. The molecule has 1 rings (SSSR count). The van der Waals surface area contributed by atoms with Gasteiger partial charge in [-0.3, -0.25) is 0 Å². The summed E-state index contributed by atoms with van der Waals surface area (Å²) in [7, 11) is 0. The molecule has 0 aliphatic heterocycles. The Kier molecular flexibility index (Phi) is 4.99. The van der Waals surface area contributed by atoms with Crippen molar-refractivity contribution >= 4 is 22.6 Å². The van der Waals surface area contributed by atoms with E-state index < -0.39 is 6.10 Å². The molecule has 0 fully saturated rings. The minimum Gasteiger partial charge on any atom is -0.388 e. The molecule has 84 valence electrons. The van der Waals surface area contributed by atoms with Gasteiger partial charge in [0.1, 0.15) is 5.82 Å². The van der Waals surface area contributed by atoms with Gasteiger partial charge in [-0.1, -0.05) is 26.3 Å². The zero-order chi connectivity index (χ0) is 11.4. The lowest BCUT2D eigenvalue weighted by molar-refractivity contribution is 0.111. The van der Waals surface area contributed by atoms with Crippen LogP contribution in [0.2, 0.25) is 0 Å². The van der Waals surface area contributed by atoms with Crippen LogP contribution in [0.5, 0.6) is 0 Å². The molecule has 0 amide bonds. The predicted octanol–water partition coefficient (Wildman–Crippen LogP) is 3.90. The fraction of sp³-hybridized carbons (Fsp3) is 0.500. The second kappa shape index (κ2) is 5.80. The van der Waals surface area contributed by atoms with Gasteiger partial charge in [0.25, 0.3) is 0 Å². The number of aliphatic hydroxyl groups excluding tert-OH is 1. The molecule has 0 radical (unpaired) electrons. The summed E-state index contributed by atoms with van der Waals surface area (Å²) < 4.78 is 13.7. The fourth-order valence-corrected chi connectivity index (χ4v) is 2.46. The number of aliphatic hydroxyl groups is 1. The quantitative estimate of drug-likeness (QED) is 0.834. The summed E-state index contributed by atoms with van der Waals surface area (Å²) in [4.78, 5) is 0. The molecule has 0 aromatic heterocycles. The Labute approximate surface area is 104 Å². The Hall–Kier alpha value is -0.160. The zero-order valence-corrected chi connectivity index (χ0v) is 11.2. The van der Waals surface area contributed by atoms with Crippen LogP contribution in [-0.4, -0.2) is 5.11 Å². The van der Waals surface area contributed by atoms with Crippen molar-refractivity contribution < 1.29 is 9.50 Å². The van der Waals surface area contributed by atoms with Crippen LogP contribution < -0.4 is 0 Å². The molecule has 0 aliphatic rings. The number of hydrogen-bond acceptors (Lipinski definition) is 1. The Balaban J connectivity index is 2.86. The van der Waals surface area contributed by atoms with E-state index in [1.54, 1.807) is 6.07 Å². The molecule has 1 nitrogen and oxygen atoms in total. The third kappa shape index (κ3) is 3.41. The first-order chi connectivity index (χ1) is 7.06. The molecule has 0 heterocycles. The summed E-state index contributed by atoms with van der Waals surface area (Å²) in [5, 5.41) is 10.1. The lowest BCUT2D eigenvalue weighted by Crippen LogP contribution is -2.10. The highest BCUT2D eigenvalue weighted by Crippen LogP contribution is 2.29. The molecule has 2 atom stereocenters. The van der Waals surface area contributed by atoms with E-state index in [-0.39, 0.29) is 11.7 Å². The molecule has 0 saturated carbocycles. The first-order valence-corrected chi connectivity index (χ1v) is 6.27. The van der Waals surface area contributed by atoms with Crippen LogP contribution in [0.15, 0.2) is 18.2 Å². The normalized spacial score (nSPS) is 15.0. The van der Waals surface area contributed by atoms with E-state index in [0.717, 1.165) is 22.0 Å². The van der Waals surface area contributed by atoms with E-state index in [0.29, 0.717) is 0 Å². The molecule has 3 heteroatoms. The SMILES string of the molecule is CCCC(C)C(O)c1ccc(F)cc1I. The van der Waals surface area contributed by atoms with Crippen molar-refractivity contribution in [3.05, 3.63) is 33.1 Å². The summed E-state index contributed by atoms with van der Waals surface area (Å²) >= 11 is 2.06. The maximum Gasteiger partial charge on any atom is 0.124 e. The molecule has 0 aliphatic carbocycles. The van der Waals surface area contributed by atoms with Crippen molar-refractivity contribution in [1.29, 1.82) is 0 Å². The number of hydrogen-bond donors (Lipinski definition) is 1. The third-order valence-electron chi connectivity index (χ3n) is 2.56. The molecule has 2 unspecified atom stereocenters. The molecule has 1 N–H and O–H groups in total. The van der Waals surface area contributed by atoms with Gasteiger partial charge in [-0.25, -0.2) is 4.39 Å². The van der Waals surface area contributed by atoms with Crippen molar-refractivity contribution in [2.75, 3.05) is 0 Å². The van der Waals surface area contributed by atoms with E-state index in [9.17, 15) is 9.50 Å². The highest BCUT2D eigenvalue weighted by molar-refractivity contribution is 14.1. The summed E-state index contributed by atoms with van der Waals surface area (Å²) in [6.07, 6.45) is 1.54. The van der Waals surface area contributed by atoms with Crippen molar-refractivity contribution in [2.45, 2.75) is 32.8 Å². The van der Waals surface area contributed by atoms with E-state index in [1.165, 1.54) is 12.1 Å². The van der Waals surface area contributed by atoms with Gasteiger partial charge < -0.3 is 5.11 Å². The summed E-state index contributed by atoms with van der Waals surface area (Å²) in [5.41, 5.74) is 0.831. The lowest BCUT2D eigenvalue weighted by atomic mass is 9.94. The van der Waals surface area contributed by atoms with Gasteiger partial charge in [0.15, 0.2) is 0 Å². The van der Waals surface area contributed by atoms with Gasteiger partial charge in [-0.2, -0.15) is 0 Å². The Morgan fingerprint density at radius 2 is 2.13 bits per heavy atom. The minimum atomic E-state index is -0.488. The number of rotatable bonds is 4. The standard InChI is InChI=1S/C12H16FIO/c1-3-4-8(2)12(15)10-6-5-9(13)7-11(10)14/h5-8,12,15H,3-4H2,1-2H3. The summed E-state index contributed by atoms with van der Waals surface area (Å²) in [6.45, 7) is 4.12. The summed E-state index contributed by atoms with van der Waals surface area (Å²) in [5.74, 6) is -0.0347. The Bertz CT molecular complexity index is 327. The van der Waals surface area contributed by atoms with Crippen molar-refractivity contribution in [1.82, 2.24) is 0 Å². The summed E-state index contributed by atoms with van der Waals surface area (Å²) in [6, 6.07) is 4.53. The van der Waals surface area contributed by atoms with Gasteiger partial charge >= 0.3 is 0 Å². The average Bonchev–Trinajstić information content (AvgIpc) is 2.17. The molecule has 1 aromatic carbocycles. The second-order valence-corrected chi connectivity index (χ2v) is 5.04. The molecule has 0 bridgehead atoms. The van der Waals surface area contributed by atoms with Crippen LogP contribution in [0.3, 0.4) is 0 Å². The first-order valence-electron chi connectivity index (χ1n) is 5.19. The minimum absolute atomic E-state index is 0.217. The van der Waals surface area contributed by atoms with Gasteiger partial charge in [-0.15, -0.1) is 0 Å². The van der Waals surface area contributed by atoms with Crippen LogP contribution in [0.25, 0.3) is 0 Å². The largest absolute Gasteiger partial charge is 0.388 e. The van der Waals surface area contributed by atoms with Crippen LogP contribution in [-0.2, 0) is 0 Å². The molecular weight excluding hydrogens is 306 g/mol. The van der Waals surface area contributed by atoms with E-state index >= 15 is 0 Å². The third-order valence-corrected chi connectivity index (χ3v) is 3.50. The van der Waals surface area contributed by atoms with E-state index in [2.05, 4.69) is 29.5 Å². The molecule has 0 spiro atoms. The van der Waals surface area contributed by atoms with Gasteiger partial charge in [-0.05, 0) is 52.6 Å². The topological polar surface area (TPSA) is 20.2 Å². The maximum absolute atomic E-state index is 12.9.